The molecule has 28 heavy (non-hydrogen) atoms. The fourth-order valence-electron chi connectivity index (χ4n) is 2.33. The minimum Gasteiger partial charge on any atom is -0.476 e. The minimum absolute atomic E-state index is 0.200. The molecule has 0 spiro atoms. The highest BCUT2D eigenvalue weighted by Crippen LogP contribution is 2.21. The molecule has 148 valence electrons. The highest BCUT2D eigenvalue weighted by molar-refractivity contribution is 6.04. The monoisotopic (exact) mass is 387 g/mol. The van der Waals surface area contributed by atoms with Crippen molar-refractivity contribution in [3.8, 4) is 5.75 Å². The molecule has 2 rings (SSSR count). The number of hydrogen-bond acceptors (Lipinski definition) is 5. The molecule has 1 amide bonds. The van der Waals surface area contributed by atoms with E-state index in [0.717, 1.165) is 0 Å². The van der Waals surface area contributed by atoms with Crippen molar-refractivity contribution in [2.45, 2.75) is 39.4 Å². The van der Waals surface area contributed by atoms with E-state index in [2.05, 4.69) is 5.32 Å². The number of halogens is 1. The van der Waals surface area contributed by atoms with Crippen LogP contribution < -0.4 is 10.1 Å². The molecule has 0 aliphatic heterocycles. The number of carbonyl (C=O) groups excluding carboxylic acids is 3. The van der Waals surface area contributed by atoms with E-state index >= 15 is 0 Å². The van der Waals surface area contributed by atoms with Crippen LogP contribution in [-0.2, 0) is 14.3 Å². The summed E-state index contributed by atoms with van der Waals surface area (Å²) in [4.78, 5) is 36.4. The van der Waals surface area contributed by atoms with E-state index in [1.807, 2.05) is 0 Å². The molecule has 0 bridgehead atoms. The minimum atomic E-state index is -1.40. The molecule has 7 heteroatoms. The highest BCUT2D eigenvalue weighted by atomic mass is 19.1. The molecule has 1 N–H and O–H groups in total. The van der Waals surface area contributed by atoms with Crippen molar-refractivity contribution in [1.29, 1.82) is 0 Å². The predicted molar refractivity (Wildman–Crippen MR) is 102 cm³/mol. The van der Waals surface area contributed by atoms with Gasteiger partial charge in [0.15, 0.2) is 17.5 Å². The molecule has 1 atom stereocenters. The number of benzene rings is 2. The number of rotatable bonds is 7. The number of para-hydroxylation sites is 1. The van der Waals surface area contributed by atoms with Crippen molar-refractivity contribution in [2.24, 2.45) is 0 Å². The molecule has 0 saturated carbocycles. The lowest BCUT2D eigenvalue weighted by atomic mass is 10.1. The second-order valence-electron chi connectivity index (χ2n) is 6.70. The fraction of sp³-hybridized carbons (Fsp3) is 0.286. The normalized spacial score (nSPS) is 12.0. The molecule has 0 unspecified atom stereocenters. The van der Waals surface area contributed by atoms with Gasteiger partial charge in [-0.05, 0) is 64.1 Å². The lowest BCUT2D eigenvalue weighted by molar-refractivity contribution is -0.166. The molecule has 0 aliphatic carbocycles. The van der Waals surface area contributed by atoms with Crippen molar-refractivity contribution in [2.75, 3.05) is 5.32 Å². The maximum absolute atomic E-state index is 13.0. The van der Waals surface area contributed by atoms with Gasteiger partial charge in [-0.25, -0.2) is 9.18 Å². The van der Waals surface area contributed by atoms with Gasteiger partial charge in [0.25, 0.3) is 5.91 Å². The van der Waals surface area contributed by atoms with E-state index in [1.54, 1.807) is 24.3 Å². The molecule has 0 saturated heterocycles. The van der Waals surface area contributed by atoms with Gasteiger partial charge in [-0.2, -0.15) is 0 Å². The van der Waals surface area contributed by atoms with Gasteiger partial charge in [-0.3, -0.25) is 9.59 Å². The molecule has 0 radical (unpaired) electrons. The van der Waals surface area contributed by atoms with Crippen molar-refractivity contribution in [3.63, 3.8) is 0 Å². The molecule has 0 fully saturated rings. The lowest BCUT2D eigenvalue weighted by Crippen LogP contribution is -2.43. The lowest BCUT2D eigenvalue weighted by Gasteiger charge is -2.26. The number of ketones is 1. The molecule has 6 nitrogen and oxygen atoms in total. The number of amides is 1. The van der Waals surface area contributed by atoms with Crippen LogP contribution in [0.1, 0.15) is 38.1 Å². The summed E-state index contributed by atoms with van der Waals surface area (Å²) in [7, 11) is 0. The number of hydrogen-bond donors (Lipinski definition) is 1. The van der Waals surface area contributed by atoms with Gasteiger partial charge in [-0.15, -0.1) is 0 Å². The molecule has 0 aromatic heterocycles. The van der Waals surface area contributed by atoms with E-state index in [0.29, 0.717) is 11.3 Å². The number of esters is 1. The number of Topliss-reactive ketones (excluding diaryl/α,β-unsaturated/α-hetero) is 1. The summed E-state index contributed by atoms with van der Waals surface area (Å²) < 4.78 is 23.7. The summed E-state index contributed by atoms with van der Waals surface area (Å²) in [5.41, 5.74) is -0.706. The van der Waals surface area contributed by atoms with Crippen LogP contribution in [-0.4, -0.2) is 29.4 Å². The topological polar surface area (TPSA) is 81.7 Å². The Balaban J connectivity index is 2.01. The van der Waals surface area contributed by atoms with Crippen LogP contribution in [0.3, 0.4) is 0 Å². The van der Waals surface area contributed by atoms with Crippen molar-refractivity contribution in [3.05, 3.63) is 59.9 Å². The highest BCUT2D eigenvalue weighted by Gasteiger charge is 2.34. The number of carbonyl (C=O) groups is 3. The predicted octanol–water partition coefficient (Wildman–Crippen LogP) is 3.76. The Bertz CT molecular complexity index is 877. The van der Waals surface area contributed by atoms with Crippen LogP contribution >= 0.6 is 0 Å². The first-order chi connectivity index (χ1) is 13.1. The molecule has 0 heterocycles. The Morgan fingerprint density at radius 2 is 1.64 bits per heavy atom. The second kappa shape index (κ2) is 8.65. The second-order valence-corrected chi connectivity index (χ2v) is 6.70. The van der Waals surface area contributed by atoms with Gasteiger partial charge < -0.3 is 14.8 Å². The Labute approximate surface area is 162 Å². The van der Waals surface area contributed by atoms with Crippen LogP contribution in [0.2, 0.25) is 0 Å². The van der Waals surface area contributed by atoms with Gasteiger partial charge in [0, 0.05) is 5.56 Å². The quantitative estimate of drug-likeness (QED) is 0.578. The summed E-state index contributed by atoms with van der Waals surface area (Å²) in [5.74, 6) is -1.69. The Morgan fingerprint density at radius 1 is 1.04 bits per heavy atom. The van der Waals surface area contributed by atoms with Crippen LogP contribution in [0, 0.1) is 5.82 Å². The largest absolute Gasteiger partial charge is 0.476 e. The number of ether oxygens (including phenoxy) is 2. The van der Waals surface area contributed by atoms with Crippen LogP contribution in [0.4, 0.5) is 10.1 Å². The zero-order chi connectivity index (χ0) is 20.9. The summed E-state index contributed by atoms with van der Waals surface area (Å²) in [6, 6.07) is 11.7. The van der Waals surface area contributed by atoms with E-state index in [4.69, 9.17) is 9.47 Å². The summed E-state index contributed by atoms with van der Waals surface area (Å²) in [6.45, 7) is 5.77. The first kappa shape index (κ1) is 21.1. The van der Waals surface area contributed by atoms with E-state index < -0.39 is 29.4 Å². The summed E-state index contributed by atoms with van der Waals surface area (Å²) >= 11 is 0. The first-order valence-electron chi connectivity index (χ1n) is 8.66. The molecular formula is C21H22FNO5. The average Bonchev–Trinajstić information content (AvgIpc) is 2.63. The van der Waals surface area contributed by atoms with Gasteiger partial charge >= 0.3 is 5.97 Å². The van der Waals surface area contributed by atoms with Crippen molar-refractivity contribution >= 4 is 23.3 Å². The Kier molecular flexibility index (Phi) is 6.51. The first-order valence-corrected chi connectivity index (χ1v) is 8.66. The van der Waals surface area contributed by atoms with Crippen molar-refractivity contribution < 1.29 is 28.2 Å². The van der Waals surface area contributed by atoms with Gasteiger partial charge in [0.2, 0.25) is 0 Å². The van der Waals surface area contributed by atoms with Crippen LogP contribution in [0.25, 0.3) is 0 Å². The van der Waals surface area contributed by atoms with Crippen molar-refractivity contribution in [1.82, 2.24) is 0 Å². The van der Waals surface area contributed by atoms with Gasteiger partial charge in [0.1, 0.15) is 11.6 Å². The molecular weight excluding hydrogens is 365 g/mol. The smallest absolute Gasteiger partial charge is 0.350 e. The van der Waals surface area contributed by atoms with Crippen LogP contribution in [0.5, 0.6) is 5.75 Å². The molecule has 2 aromatic carbocycles. The summed E-state index contributed by atoms with van der Waals surface area (Å²) in [6.07, 6.45) is -1.12. The maximum Gasteiger partial charge on any atom is 0.350 e. The van der Waals surface area contributed by atoms with Crippen LogP contribution in [0.15, 0.2) is 48.5 Å². The van der Waals surface area contributed by atoms with E-state index in [9.17, 15) is 18.8 Å². The third kappa shape index (κ3) is 5.39. The Hall–Kier alpha value is -3.22. The maximum atomic E-state index is 13.0. The summed E-state index contributed by atoms with van der Waals surface area (Å²) in [5, 5.41) is 2.58. The number of nitrogens with one attached hydrogen (secondary N) is 1. The molecule has 2 aromatic rings. The zero-order valence-electron chi connectivity index (χ0n) is 16.1. The third-order valence-corrected chi connectivity index (χ3v) is 3.90. The Morgan fingerprint density at radius 3 is 2.25 bits per heavy atom. The van der Waals surface area contributed by atoms with Gasteiger partial charge in [-0.1, -0.05) is 12.1 Å². The fourth-order valence-corrected chi connectivity index (χ4v) is 2.33. The molecule has 0 aliphatic rings. The number of anilines is 1. The SMILES string of the molecule is CC(=O)c1ccccc1NC(=O)[C@@H](C)OC(=O)C(C)(C)Oc1ccc(F)cc1. The average molecular weight is 387 g/mol. The van der Waals surface area contributed by atoms with E-state index in [1.165, 1.54) is 52.0 Å². The van der Waals surface area contributed by atoms with E-state index in [-0.39, 0.29) is 11.5 Å². The standard InChI is InChI=1S/C21H22FNO5/c1-13(24)17-7-5-6-8-18(17)23-19(25)14(2)27-20(26)21(3,4)28-16-11-9-15(22)10-12-16/h5-12,14H,1-4H3,(H,23,25)/t14-/m1/s1. The zero-order valence-corrected chi connectivity index (χ0v) is 16.1. The third-order valence-electron chi connectivity index (χ3n) is 3.90. The van der Waals surface area contributed by atoms with Gasteiger partial charge in [0.05, 0.1) is 5.69 Å².